The van der Waals surface area contributed by atoms with Crippen LogP contribution in [0.1, 0.15) is 46.7 Å². The van der Waals surface area contributed by atoms with Crippen LogP contribution in [0.2, 0.25) is 0 Å². The summed E-state index contributed by atoms with van der Waals surface area (Å²) in [5.41, 5.74) is 11.9. The lowest BCUT2D eigenvalue weighted by molar-refractivity contribution is 0.0944. The summed E-state index contributed by atoms with van der Waals surface area (Å²) in [6, 6.07) is 0.268. The second kappa shape index (κ2) is 6.44. The Kier molecular flexibility index (Phi) is 4.84. The van der Waals surface area contributed by atoms with Gasteiger partial charge in [0.25, 0.3) is 5.91 Å². The third-order valence-corrected chi connectivity index (χ3v) is 4.77. The maximum absolute atomic E-state index is 12.2. The van der Waals surface area contributed by atoms with Gasteiger partial charge in [0.1, 0.15) is 5.00 Å². The summed E-state index contributed by atoms with van der Waals surface area (Å²) in [5, 5.41) is 7.23. The first-order chi connectivity index (χ1) is 9.91. The van der Waals surface area contributed by atoms with Crippen LogP contribution in [0.5, 0.6) is 0 Å². The molecule has 1 aliphatic rings. The van der Waals surface area contributed by atoms with Crippen LogP contribution < -0.4 is 22.1 Å². The molecule has 7 heteroatoms. The minimum atomic E-state index is -0.594. The zero-order valence-electron chi connectivity index (χ0n) is 12.4. The van der Waals surface area contributed by atoms with Gasteiger partial charge in [-0.05, 0) is 25.9 Å². The van der Waals surface area contributed by atoms with E-state index < -0.39 is 5.91 Å². The number of primary amides is 1. The fourth-order valence-electron chi connectivity index (χ4n) is 2.39. The average Bonchev–Trinajstić information content (AvgIpc) is 2.75. The van der Waals surface area contributed by atoms with Crippen molar-refractivity contribution >= 4 is 33.7 Å². The molecule has 2 rings (SSSR count). The summed E-state index contributed by atoms with van der Waals surface area (Å²) >= 11 is 1.24. The van der Waals surface area contributed by atoms with E-state index in [1.807, 2.05) is 13.8 Å². The van der Waals surface area contributed by atoms with Crippen LogP contribution >= 0.6 is 11.3 Å². The number of hydrogen-bond donors (Lipinski definition) is 4. The zero-order chi connectivity index (χ0) is 15.6. The molecule has 0 saturated carbocycles. The van der Waals surface area contributed by atoms with Gasteiger partial charge in [0, 0.05) is 12.0 Å². The van der Waals surface area contributed by atoms with Crippen molar-refractivity contribution in [3.8, 4) is 0 Å². The monoisotopic (exact) mass is 310 g/mol. The number of ketones is 1. The van der Waals surface area contributed by atoms with Gasteiger partial charge < -0.3 is 22.1 Å². The molecule has 21 heavy (non-hydrogen) atoms. The Bertz CT molecular complexity index is 547. The van der Waals surface area contributed by atoms with Crippen molar-refractivity contribution in [2.24, 2.45) is 11.7 Å². The molecule has 0 aliphatic carbocycles. The minimum absolute atomic E-state index is 0.0571. The molecule has 0 unspecified atom stereocenters. The number of nitrogens with two attached hydrogens (primary N) is 2. The maximum atomic E-state index is 12.2. The molecular formula is C14H22N4O2S. The van der Waals surface area contributed by atoms with E-state index in [9.17, 15) is 9.59 Å². The summed E-state index contributed by atoms with van der Waals surface area (Å²) in [6.07, 6.45) is 1.92. The van der Waals surface area contributed by atoms with Gasteiger partial charge in [0.05, 0.1) is 16.1 Å². The second-order valence-corrected chi connectivity index (χ2v) is 6.62. The van der Waals surface area contributed by atoms with Gasteiger partial charge in [-0.15, -0.1) is 11.3 Å². The molecule has 1 fully saturated rings. The first kappa shape index (κ1) is 15.8. The van der Waals surface area contributed by atoms with E-state index >= 15 is 0 Å². The highest BCUT2D eigenvalue weighted by molar-refractivity contribution is 7.19. The van der Waals surface area contributed by atoms with Crippen molar-refractivity contribution < 1.29 is 9.59 Å². The van der Waals surface area contributed by atoms with Crippen LogP contribution in [0.25, 0.3) is 0 Å². The normalized spacial score (nSPS) is 16.1. The maximum Gasteiger partial charge on any atom is 0.253 e. The Hall–Kier alpha value is -1.60. The molecule has 2 heterocycles. The largest absolute Gasteiger partial charge is 0.397 e. The highest BCUT2D eigenvalue weighted by atomic mass is 32.1. The van der Waals surface area contributed by atoms with Gasteiger partial charge in [-0.25, -0.2) is 0 Å². The van der Waals surface area contributed by atoms with Gasteiger partial charge in [-0.3, -0.25) is 9.59 Å². The summed E-state index contributed by atoms with van der Waals surface area (Å²) in [7, 11) is 0. The predicted molar refractivity (Wildman–Crippen MR) is 85.9 cm³/mol. The van der Waals surface area contributed by atoms with E-state index in [-0.39, 0.29) is 29.0 Å². The van der Waals surface area contributed by atoms with Crippen LogP contribution in [0.4, 0.5) is 10.7 Å². The number of Topliss-reactive ketones (excluding diaryl/α,β-unsaturated/α-hetero) is 1. The molecule has 0 radical (unpaired) electrons. The third kappa shape index (κ3) is 3.36. The molecule has 1 aliphatic heterocycles. The number of anilines is 2. The van der Waals surface area contributed by atoms with Crippen molar-refractivity contribution in [3.63, 3.8) is 0 Å². The van der Waals surface area contributed by atoms with Crippen LogP contribution in [0.3, 0.4) is 0 Å². The van der Waals surface area contributed by atoms with Crippen LogP contribution in [-0.4, -0.2) is 30.8 Å². The molecule has 1 aromatic heterocycles. The van der Waals surface area contributed by atoms with Crippen molar-refractivity contribution in [3.05, 3.63) is 10.4 Å². The topological polar surface area (TPSA) is 110 Å². The first-order valence-electron chi connectivity index (χ1n) is 7.15. The van der Waals surface area contributed by atoms with Crippen LogP contribution in [0.15, 0.2) is 0 Å². The molecule has 116 valence electrons. The number of hydrogen-bond acceptors (Lipinski definition) is 6. The van der Waals surface area contributed by atoms with E-state index in [1.54, 1.807) is 0 Å². The molecule has 1 aromatic rings. The summed E-state index contributed by atoms with van der Waals surface area (Å²) in [5.74, 6) is -0.820. The Morgan fingerprint density at radius 3 is 2.48 bits per heavy atom. The average molecular weight is 310 g/mol. The van der Waals surface area contributed by atoms with Gasteiger partial charge in [-0.2, -0.15) is 0 Å². The number of rotatable bonds is 5. The molecule has 0 bridgehead atoms. The van der Waals surface area contributed by atoms with Gasteiger partial charge in [0.2, 0.25) is 0 Å². The number of nitrogens with one attached hydrogen (secondary N) is 2. The lowest BCUT2D eigenvalue weighted by atomic mass is 10.0. The van der Waals surface area contributed by atoms with Crippen LogP contribution in [-0.2, 0) is 0 Å². The van der Waals surface area contributed by atoms with Crippen molar-refractivity contribution in [2.45, 2.75) is 32.7 Å². The summed E-state index contributed by atoms with van der Waals surface area (Å²) in [6.45, 7) is 5.49. The molecule has 1 saturated heterocycles. The number of piperidine rings is 1. The highest BCUT2D eigenvalue weighted by Gasteiger charge is 2.26. The number of nitrogen functional groups attached to an aromatic ring is 1. The SMILES string of the molecule is CC(C)C(=O)c1sc(NC2CCNCC2)c(C(N)=O)c1N. The number of carbonyl (C=O) groups is 2. The number of thiophene rings is 1. The molecule has 1 amide bonds. The molecule has 6 N–H and O–H groups in total. The highest BCUT2D eigenvalue weighted by Crippen LogP contribution is 2.37. The minimum Gasteiger partial charge on any atom is -0.397 e. The Morgan fingerprint density at radius 2 is 1.95 bits per heavy atom. The number of carbonyl (C=O) groups excluding carboxylic acids is 2. The number of amides is 1. The lowest BCUT2D eigenvalue weighted by Gasteiger charge is -2.24. The smallest absolute Gasteiger partial charge is 0.253 e. The van der Waals surface area contributed by atoms with Gasteiger partial charge >= 0.3 is 0 Å². The Labute approximate surface area is 128 Å². The van der Waals surface area contributed by atoms with Crippen molar-refractivity contribution in [2.75, 3.05) is 24.1 Å². The predicted octanol–water partition coefficient (Wildman–Crippen LogP) is 1.43. The zero-order valence-corrected chi connectivity index (χ0v) is 13.2. The Morgan fingerprint density at radius 1 is 1.33 bits per heavy atom. The standard InChI is InChI=1S/C14H22N4O2S/c1-7(2)11(19)12-10(15)9(13(16)20)14(21-12)18-8-3-5-17-6-4-8/h7-8,17-18H,3-6,15H2,1-2H3,(H2,16,20). The third-order valence-electron chi connectivity index (χ3n) is 3.61. The summed E-state index contributed by atoms with van der Waals surface area (Å²) in [4.78, 5) is 24.3. The van der Waals surface area contributed by atoms with E-state index in [4.69, 9.17) is 11.5 Å². The van der Waals surface area contributed by atoms with Gasteiger partial charge in [-0.1, -0.05) is 13.8 Å². The van der Waals surface area contributed by atoms with Crippen molar-refractivity contribution in [1.29, 1.82) is 0 Å². The molecule has 0 atom stereocenters. The molecule has 0 spiro atoms. The molecular weight excluding hydrogens is 288 g/mol. The lowest BCUT2D eigenvalue weighted by Crippen LogP contribution is -2.35. The van der Waals surface area contributed by atoms with E-state index in [2.05, 4.69) is 10.6 Å². The fourth-order valence-corrected chi connectivity index (χ4v) is 3.68. The summed E-state index contributed by atoms with van der Waals surface area (Å²) < 4.78 is 0. The quantitative estimate of drug-likeness (QED) is 0.615. The van der Waals surface area contributed by atoms with Crippen molar-refractivity contribution in [1.82, 2.24) is 5.32 Å². The molecule has 0 aromatic carbocycles. The van der Waals surface area contributed by atoms with E-state index in [1.165, 1.54) is 11.3 Å². The Balaban J connectivity index is 2.32. The van der Waals surface area contributed by atoms with Gasteiger partial charge in [0.15, 0.2) is 5.78 Å². The first-order valence-corrected chi connectivity index (χ1v) is 7.97. The van der Waals surface area contributed by atoms with E-state index in [0.29, 0.717) is 9.88 Å². The van der Waals surface area contributed by atoms with E-state index in [0.717, 1.165) is 25.9 Å². The molecule has 6 nitrogen and oxygen atoms in total. The fraction of sp³-hybridized carbons (Fsp3) is 0.571. The van der Waals surface area contributed by atoms with Crippen LogP contribution in [0, 0.1) is 5.92 Å². The second-order valence-electron chi connectivity index (χ2n) is 5.60.